The van der Waals surface area contributed by atoms with Crippen LogP contribution >= 0.6 is 0 Å². The number of phenolic OH excluding ortho intramolecular Hbond substituents is 1. The highest BCUT2D eigenvalue weighted by molar-refractivity contribution is 5.78. The van der Waals surface area contributed by atoms with Crippen molar-refractivity contribution in [3.63, 3.8) is 0 Å². The first-order valence-corrected chi connectivity index (χ1v) is 10.5. The number of carbonyl (C=O) groups excluding carboxylic acids is 1. The second-order valence-electron chi connectivity index (χ2n) is 8.71. The number of cyclic esters (lactones) is 1. The number of phenols is 1. The summed E-state index contributed by atoms with van der Waals surface area (Å²) in [7, 11) is 0. The molecule has 148 valence electrons. The van der Waals surface area contributed by atoms with Gasteiger partial charge < -0.3 is 19.6 Å². The number of carbonyl (C=O) groups is 1. The lowest BCUT2D eigenvalue weighted by molar-refractivity contribution is -0.149. The van der Waals surface area contributed by atoms with Gasteiger partial charge >= 0.3 is 5.97 Å². The topological polar surface area (TPSA) is 53.0 Å². The van der Waals surface area contributed by atoms with Crippen LogP contribution in [0.25, 0.3) is 0 Å². The summed E-state index contributed by atoms with van der Waals surface area (Å²) in [4.78, 5) is 17.3. The molecular weight excluding hydrogens is 340 g/mol. The number of esters is 1. The lowest BCUT2D eigenvalue weighted by atomic mass is 9.79. The molecule has 27 heavy (non-hydrogen) atoms. The van der Waals surface area contributed by atoms with E-state index in [4.69, 9.17) is 4.74 Å². The number of aromatic hydroxyl groups is 1. The van der Waals surface area contributed by atoms with Gasteiger partial charge in [-0.25, -0.2) is 0 Å². The summed E-state index contributed by atoms with van der Waals surface area (Å²) in [6.07, 6.45) is 3.74. The molecule has 0 bridgehead atoms. The summed E-state index contributed by atoms with van der Waals surface area (Å²) >= 11 is 0. The predicted octanol–water partition coefficient (Wildman–Crippen LogP) is 3.27. The molecule has 5 nitrogen and oxygen atoms in total. The Bertz CT molecular complexity index is 657. The Kier molecular flexibility index (Phi) is 5.06. The molecule has 3 saturated heterocycles. The van der Waals surface area contributed by atoms with Crippen molar-refractivity contribution in [3.05, 3.63) is 24.3 Å². The largest absolute Gasteiger partial charge is 0.508 e. The fraction of sp³-hybridized carbons (Fsp3) is 0.682. The van der Waals surface area contributed by atoms with Crippen LogP contribution in [0.4, 0.5) is 5.69 Å². The monoisotopic (exact) mass is 372 g/mol. The molecule has 3 fully saturated rings. The molecule has 1 aromatic carbocycles. The van der Waals surface area contributed by atoms with Crippen molar-refractivity contribution >= 4 is 11.7 Å². The third kappa shape index (κ3) is 3.54. The van der Waals surface area contributed by atoms with E-state index in [9.17, 15) is 9.90 Å². The molecule has 1 N–H and O–H groups in total. The zero-order valence-electron chi connectivity index (χ0n) is 16.6. The van der Waals surface area contributed by atoms with E-state index in [1.807, 2.05) is 12.1 Å². The van der Waals surface area contributed by atoms with Crippen molar-refractivity contribution in [2.24, 2.45) is 17.3 Å². The molecule has 0 amide bonds. The lowest BCUT2D eigenvalue weighted by Gasteiger charge is -2.24. The van der Waals surface area contributed by atoms with Crippen LogP contribution in [0.15, 0.2) is 24.3 Å². The average molecular weight is 373 g/mol. The Morgan fingerprint density at radius 3 is 2.26 bits per heavy atom. The summed E-state index contributed by atoms with van der Waals surface area (Å²) in [5.41, 5.74) is 0.985. The van der Waals surface area contributed by atoms with E-state index >= 15 is 0 Å². The summed E-state index contributed by atoms with van der Waals surface area (Å²) in [6, 6.07) is 7.56. The molecule has 3 aliphatic heterocycles. The van der Waals surface area contributed by atoms with Crippen LogP contribution in [0.2, 0.25) is 0 Å². The molecule has 0 saturated carbocycles. The van der Waals surface area contributed by atoms with Gasteiger partial charge in [-0.2, -0.15) is 0 Å². The molecule has 0 spiro atoms. The minimum absolute atomic E-state index is 0.0281. The van der Waals surface area contributed by atoms with Crippen molar-refractivity contribution in [2.45, 2.75) is 45.6 Å². The number of nitrogens with zero attached hydrogens (tertiary/aromatic N) is 2. The normalized spacial score (nSPS) is 29.9. The minimum atomic E-state index is -0.225. The van der Waals surface area contributed by atoms with Crippen molar-refractivity contribution in [2.75, 3.05) is 37.6 Å². The summed E-state index contributed by atoms with van der Waals surface area (Å²) in [5, 5.41) is 9.47. The fourth-order valence-corrected chi connectivity index (χ4v) is 5.30. The van der Waals surface area contributed by atoms with E-state index in [-0.39, 0.29) is 17.5 Å². The average Bonchev–Trinajstić information content (AvgIpc) is 3.32. The highest BCUT2D eigenvalue weighted by atomic mass is 16.6. The van der Waals surface area contributed by atoms with Crippen LogP contribution in [-0.2, 0) is 9.53 Å². The van der Waals surface area contributed by atoms with Crippen molar-refractivity contribution < 1.29 is 14.6 Å². The zero-order valence-corrected chi connectivity index (χ0v) is 16.6. The SMILES string of the molecule is CCC1(CC)C[C@H](CCN2CC3CN(c4ccc(O)cc4)CC3C2)OC1=O. The molecule has 3 aliphatic rings. The van der Waals surface area contributed by atoms with Crippen molar-refractivity contribution in [3.8, 4) is 5.75 Å². The van der Waals surface area contributed by atoms with E-state index < -0.39 is 0 Å². The van der Waals surface area contributed by atoms with Gasteiger partial charge in [0.15, 0.2) is 0 Å². The fourth-order valence-electron chi connectivity index (χ4n) is 5.30. The Balaban J connectivity index is 1.25. The van der Waals surface area contributed by atoms with E-state index in [1.54, 1.807) is 12.1 Å². The molecule has 0 aliphatic carbocycles. The number of hydrogen-bond donors (Lipinski definition) is 1. The number of ether oxygens (including phenoxy) is 1. The van der Waals surface area contributed by atoms with E-state index in [0.717, 1.165) is 70.2 Å². The van der Waals surface area contributed by atoms with Gasteiger partial charge in [0, 0.05) is 44.8 Å². The summed E-state index contributed by atoms with van der Waals surface area (Å²) in [6.45, 7) is 9.73. The summed E-state index contributed by atoms with van der Waals surface area (Å²) in [5.74, 6) is 1.79. The smallest absolute Gasteiger partial charge is 0.312 e. The maximum atomic E-state index is 12.3. The molecule has 1 aromatic rings. The van der Waals surface area contributed by atoms with E-state index in [1.165, 1.54) is 5.69 Å². The quantitative estimate of drug-likeness (QED) is 0.777. The number of fused-ring (bicyclic) bond motifs is 1. The van der Waals surface area contributed by atoms with Gasteiger partial charge in [0.05, 0.1) is 5.41 Å². The highest BCUT2D eigenvalue weighted by Crippen LogP contribution is 2.41. The Morgan fingerprint density at radius 2 is 1.70 bits per heavy atom. The Labute approximate surface area is 162 Å². The number of likely N-dealkylation sites (tertiary alicyclic amines) is 1. The maximum absolute atomic E-state index is 12.3. The second-order valence-corrected chi connectivity index (χ2v) is 8.71. The summed E-state index contributed by atoms with van der Waals surface area (Å²) < 4.78 is 5.70. The van der Waals surface area contributed by atoms with Gasteiger partial charge in [-0.05, 0) is 55.4 Å². The lowest BCUT2D eigenvalue weighted by Crippen LogP contribution is -2.30. The van der Waals surface area contributed by atoms with E-state index in [0.29, 0.717) is 5.75 Å². The van der Waals surface area contributed by atoms with Gasteiger partial charge in [0.2, 0.25) is 0 Å². The Hall–Kier alpha value is -1.75. The van der Waals surface area contributed by atoms with Crippen molar-refractivity contribution in [1.82, 2.24) is 4.90 Å². The standard InChI is InChI=1S/C22H32N2O3/c1-3-22(4-2)11-20(27-21(22)26)9-10-23-12-16-14-24(15-17(16)13-23)18-5-7-19(25)8-6-18/h5-8,16-17,20,25H,3-4,9-15H2,1-2H3/t16?,17?,20-/m0/s1. The molecule has 3 heterocycles. The second kappa shape index (κ2) is 7.34. The van der Waals surface area contributed by atoms with Crippen LogP contribution in [0, 0.1) is 17.3 Å². The first-order chi connectivity index (χ1) is 13.0. The number of rotatable bonds is 6. The first kappa shape index (κ1) is 18.6. The third-order valence-electron chi connectivity index (χ3n) is 7.22. The van der Waals surface area contributed by atoms with Crippen LogP contribution in [0.3, 0.4) is 0 Å². The van der Waals surface area contributed by atoms with Crippen LogP contribution < -0.4 is 4.90 Å². The first-order valence-electron chi connectivity index (χ1n) is 10.5. The highest BCUT2D eigenvalue weighted by Gasteiger charge is 2.46. The molecular formula is C22H32N2O3. The molecule has 3 atom stereocenters. The predicted molar refractivity (Wildman–Crippen MR) is 106 cm³/mol. The van der Waals surface area contributed by atoms with Crippen LogP contribution in [0.5, 0.6) is 5.75 Å². The van der Waals surface area contributed by atoms with Gasteiger partial charge in [0.1, 0.15) is 11.9 Å². The zero-order chi connectivity index (χ0) is 19.0. The van der Waals surface area contributed by atoms with Gasteiger partial charge in [-0.3, -0.25) is 4.79 Å². The molecule has 2 unspecified atom stereocenters. The van der Waals surface area contributed by atoms with Crippen molar-refractivity contribution in [1.29, 1.82) is 0 Å². The molecule has 0 radical (unpaired) electrons. The van der Waals surface area contributed by atoms with Gasteiger partial charge in [-0.15, -0.1) is 0 Å². The maximum Gasteiger partial charge on any atom is 0.312 e. The molecule has 5 heteroatoms. The minimum Gasteiger partial charge on any atom is -0.508 e. The number of benzene rings is 1. The van der Waals surface area contributed by atoms with Crippen LogP contribution in [0.1, 0.15) is 39.5 Å². The van der Waals surface area contributed by atoms with Crippen LogP contribution in [-0.4, -0.2) is 54.8 Å². The van der Waals surface area contributed by atoms with E-state index in [2.05, 4.69) is 23.6 Å². The Morgan fingerprint density at radius 1 is 1.07 bits per heavy atom. The molecule has 4 rings (SSSR count). The number of hydrogen-bond acceptors (Lipinski definition) is 5. The van der Waals surface area contributed by atoms with Gasteiger partial charge in [0.25, 0.3) is 0 Å². The number of anilines is 1. The third-order valence-corrected chi connectivity index (χ3v) is 7.22. The van der Waals surface area contributed by atoms with Gasteiger partial charge in [-0.1, -0.05) is 13.8 Å². The molecule has 0 aromatic heterocycles.